The average Bonchev–Trinajstić information content (AvgIpc) is 2.60. The maximum Gasteiger partial charge on any atom is 0.191 e. The van der Waals surface area contributed by atoms with Crippen LogP contribution in [0.2, 0.25) is 0 Å². The summed E-state index contributed by atoms with van der Waals surface area (Å²) in [6.45, 7) is 5.82. The predicted octanol–water partition coefficient (Wildman–Crippen LogP) is 2.79. The summed E-state index contributed by atoms with van der Waals surface area (Å²) >= 11 is 0. The molecule has 0 amide bonds. The number of benzene rings is 2. The Bertz CT molecular complexity index is 663. The minimum atomic E-state index is 0.0548. The number of hydrogen-bond acceptors (Lipinski definition) is 2. The number of nitrogens with zero attached hydrogens (tertiary/aromatic N) is 1. The number of nitrogens with one attached hydrogen (secondary N) is 2. The zero-order valence-electron chi connectivity index (χ0n) is 15.4. The fourth-order valence-corrected chi connectivity index (χ4v) is 2.99. The number of guanidine groups is 1. The smallest absolute Gasteiger partial charge is 0.191 e. The van der Waals surface area contributed by atoms with E-state index in [1.165, 1.54) is 16.7 Å². The van der Waals surface area contributed by atoms with Gasteiger partial charge in [0.05, 0.1) is 6.61 Å². The van der Waals surface area contributed by atoms with Gasteiger partial charge in [-0.1, -0.05) is 59.7 Å². The lowest BCUT2D eigenvalue weighted by Gasteiger charge is -2.18. The summed E-state index contributed by atoms with van der Waals surface area (Å²) in [6.07, 6.45) is 0.950. The Labute approximate surface area is 151 Å². The molecule has 0 aliphatic heterocycles. The molecule has 1 atom stereocenters. The third-order valence-electron chi connectivity index (χ3n) is 4.22. The first-order valence-electron chi connectivity index (χ1n) is 8.80. The minimum Gasteiger partial charge on any atom is -0.396 e. The summed E-state index contributed by atoms with van der Waals surface area (Å²) in [5.41, 5.74) is 5.05. The number of aryl methyl sites for hydroxylation is 2. The predicted molar refractivity (Wildman–Crippen MR) is 105 cm³/mol. The summed E-state index contributed by atoms with van der Waals surface area (Å²) in [5.74, 6) is 0.818. The molecule has 134 valence electrons. The van der Waals surface area contributed by atoms with Gasteiger partial charge in [0.15, 0.2) is 5.96 Å². The van der Waals surface area contributed by atoms with Crippen molar-refractivity contribution in [1.82, 2.24) is 10.6 Å². The molecular weight excluding hydrogens is 310 g/mol. The Morgan fingerprint density at radius 1 is 1.04 bits per heavy atom. The third kappa shape index (κ3) is 6.24. The fourth-order valence-electron chi connectivity index (χ4n) is 2.99. The van der Waals surface area contributed by atoms with Crippen molar-refractivity contribution in [3.63, 3.8) is 0 Å². The van der Waals surface area contributed by atoms with Gasteiger partial charge in [-0.3, -0.25) is 4.99 Å². The molecule has 0 bridgehead atoms. The van der Waals surface area contributed by atoms with Gasteiger partial charge in [0, 0.05) is 26.1 Å². The van der Waals surface area contributed by atoms with Gasteiger partial charge in [-0.25, -0.2) is 0 Å². The number of aliphatic imine (C=N–C) groups is 1. The van der Waals surface area contributed by atoms with Crippen molar-refractivity contribution in [2.45, 2.75) is 26.2 Å². The first kappa shape index (κ1) is 19.0. The molecule has 0 aliphatic carbocycles. The standard InChI is InChI=1S/C21H29N3O/c1-16-11-17(2)13-18(12-16)9-10-23-21(22-3)24-14-20(15-25)19-7-5-4-6-8-19/h4-8,11-13,20,25H,9-10,14-15H2,1-3H3,(H2,22,23,24). The normalized spacial score (nSPS) is 12.7. The summed E-state index contributed by atoms with van der Waals surface area (Å²) in [4.78, 5) is 4.27. The first-order chi connectivity index (χ1) is 12.1. The van der Waals surface area contributed by atoms with E-state index in [4.69, 9.17) is 0 Å². The molecular formula is C21H29N3O. The summed E-state index contributed by atoms with van der Waals surface area (Å²) in [7, 11) is 1.77. The van der Waals surface area contributed by atoms with Gasteiger partial charge in [-0.15, -0.1) is 0 Å². The zero-order chi connectivity index (χ0) is 18.1. The average molecular weight is 339 g/mol. The van der Waals surface area contributed by atoms with E-state index in [2.05, 4.69) is 47.7 Å². The van der Waals surface area contributed by atoms with E-state index in [-0.39, 0.29) is 12.5 Å². The van der Waals surface area contributed by atoms with E-state index < -0.39 is 0 Å². The zero-order valence-corrected chi connectivity index (χ0v) is 15.4. The van der Waals surface area contributed by atoms with Crippen LogP contribution in [0.25, 0.3) is 0 Å². The molecule has 2 rings (SSSR count). The highest BCUT2D eigenvalue weighted by molar-refractivity contribution is 5.79. The van der Waals surface area contributed by atoms with Crippen LogP contribution < -0.4 is 10.6 Å². The monoisotopic (exact) mass is 339 g/mol. The lowest BCUT2D eigenvalue weighted by atomic mass is 10.0. The van der Waals surface area contributed by atoms with Crippen LogP contribution in [0, 0.1) is 13.8 Å². The lowest BCUT2D eigenvalue weighted by molar-refractivity contribution is 0.265. The Kier molecular flexibility index (Phi) is 7.48. The molecule has 0 saturated carbocycles. The van der Waals surface area contributed by atoms with E-state index in [0.717, 1.165) is 24.5 Å². The SMILES string of the molecule is CN=C(NCCc1cc(C)cc(C)c1)NCC(CO)c1ccccc1. The van der Waals surface area contributed by atoms with Gasteiger partial charge < -0.3 is 15.7 Å². The Hall–Kier alpha value is -2.33. The number of hydrogen-bond donors (Lipinski definition) is 3. The molecule has 0 aromatic heterocycles. The van der Waals surface area contributed by atoms with Crippen LogP contribution >= 0.6 is 0 Å². The largest absolute Gasteiger partial charge is 0.396 e. The van der Waals surface area contributed by atoms with Crippen molar-refractivity contribution >= 4 is 5.96 Å². The second-order valence-corrected chi connectivity index (χ2v) is 6.42. The van der Waals surface area contributed by atoms with Crippen LogP contribution in [0.15, 0.2) is 53.5 Å². The highest BCUT2D eigenvalue weighted by Crippen LogP contribution is 2.13. The molecule has 0 heterocycles. The molecule has 0 saturated heterocycles. The molecule has 0 aliphatic rings. The van der Waals surface area contributed by atoms with Crippen LogP contribution in [0.4, 0.5) is 0 Å². The van der Waals surface area contributed by atoms with E-state index in [1.807, 2.05) is 30.3 Å². The maximum atomic E-state index is 9.64. The van der Waals surface area contributed by atoms with Crippen molar-refractivity contribution in [1.29, 1.82) is 0 Å². The van der Waals surface area contributed by atoms with Crippen LogP contribution in [-0.2, 0) is 6.42 Å². The van der Waals surface area contributed by atoms with Gasteiger partial charge in [0.2, 0.25) is 0 Å². The second-order valence-electron chi connectivity index (χ2n) is 6.42. The topological polar surface area (TPSA) is 56.7 Å². The Balaban J connectivity index is 1.82. The molecule has 25 heavy (non-hydrogen) atoms. The Morgan fingerprint density at radius 2 is 1.72 bits per heavy atom. The molecule has 1 unspecified atom stereocenters. The second kappa shape index (κ2) is 9.84. The van der Waals surface area contributed by atoms with Crippen molar-refractivity contribution < 1.29 is 5.11 Å². The van der Waals surface area contributed by atoms with Gasteiger partial charge in [0.1, 0.15) is 0 Å². The molecule has 3 N–H and O–H groups in total. The molecule has 4 heteroatoms. The van der Waals surface area contributed by atoms with E-state index in [0.29, 0.717) is 6.54 Å². The third-order valence-corrected chi connectivity index (χ3v) is 4.22. The van der Waals surface area contributed by atoms with Gasteiger partial charge in [-0.2, -0.15) is 0 Å². The molecule has 2 aromatic carbocycles. The molecule has 0 spiro atoms. The first-order valence-corrected chi connectivity index (χ1v) is 8.80. The fraction of sp³-hybridized carbons (Fsp3) is 0.381. The van der Waals surface area contributed by atoms with Crippen molar-refractivity contribution in [2.75, 3.05) is 26.7 Å². The molecule has 0 radical (unpaired) electrons. The van der Waals surface area contributed by atoms with Gasteiger partial charge in [0.25, 0.3) is 0 Å². The number of aliphatic hydroxyl groups excluding tert-OH is 1. The molecule has 0 fully saturated rings. The van der Waals surface area contributed by atoms with E-state index in [1.54, 1.807) is 7.05 Å². The van der Waals surface area contributed by atoms with Crippen molar-refractivity contribution in [3.8, 4) is 0 Å². The number of rotatable bonds is 7. The quantitative estimate of drug-likeness (QED) is 0.537. The van der Waals surface area contributed by atoms with E-state index >= 15 is 0 Å². The highest BCUT2D eigenvalue weighted by atomic mass is 16.3. The van der Waals surface area contributed by atoms with E-state index in [9.17, 15) is 5.11 Å². The van der Waals surface area contributed by atoms with Crippen LogP contribution in [0.1, 0.15) is 28.2 Å². The minimum absolute atomic E-state index is 0.0548. The maximum absolute atomic E-state index is 9.64. The van der Waals surface area contributed by atoms with Crippen LogP contribution in [0.5, 0.6) is 0 Å². The summed E-state index contributed by atoms with van der Waals surface area (Å²) < 4.78 is 0. The van der Waals surface area contributed by atoms with Crippen molar-refractivity contribution in [2.24, 2.45) is 4.99 Å². The highest BCUT2D eigenvalue weighted by Gasteiger charge is 2.10. The van der Waals surface area contributed by atoms with Crippen molar-refractivity contribution in [3.05, 3.63) is 70.8 Å². The van der Waals surface area contributed by atoms with Crippen LogP contribution in [0.3, 0.4) is 0 Å². The van der Waals surface area contributed by atoms with Gasteiger partial charge in [-0.05, 0) is 31.4 Å². The van der Waals surface area contributed by atoms with Gasteiger partial charge >= 0.3 is 0 Å². The lowest BCUT2D eigenvalue weighted by Crippen LogP contribution is -2.40. The molecule has 4 nitrogen and oxygen atoms in total. The summed E-state index contributed by atoms with van der Waals surface area (Å²) in [6, 6.07) is 16.7. The Morgan fingerprint density at radius 3 is 2.32 bits per heavy atom. The molecule has 2 aromatic rings. The number of aliphatic hydroxyl groups is 1. The van der Waals surface area contributed by atoms with Crippen LogP contribution in [-0.4, -0.2) is 37.8 Å². The summed E-state index contributed by atoms with van der Waals surface area (Å²) in [5, 5.41) is 16.3.